The molecule has 37 heavy (non-hydrogen) atoms. The summed E-state index contributed by atoms with van der Waals surface area (Å²) in [6.45, 7) is 2.52. The zero-order valence-corrected chi connectivity index (χ0v) is 21.2. The number of amides is 1. The molecule has 2 aromatic carbocycles. The number of pyridine rings is 1. The van der Waals surface area contributed by atoms with Crippen LogP contribution in [0.3, 0.4) is 0 Å². The fourth-order valence-corrected chi connectivity index (χ4v) is 3.75. The minimum Gasteiger partial charge on any atom is -0.493 e. The molecule has 0 saturated heterocycles. The molecule has 192 valence electrons. The SMILES string of the molecule is Cc1oc(-c2ccccc2)nc1CCOc1ccc(CCC(=O)O)c(CNC(=O)c2ccncc2)c1.Cl. The van der Waals surface area contributed by atoms with E-state index < -0.39 is 5.97 Å². The van der Waals surface area contributed by atoms with E-state index in [1.807, 2.05) is 55.5 Å². The molecule has 8 nitrogen and oxygen atoms in total. The van der Waals surface area contributed by atoms with Crippen molar-refractivity contribution in [3.8, 4) is 17.2 Å². The smallest absolute Gasteiger partial charge is 0.303 e. The summed E-state index contributed by atoms with van der Waals surface area (Å²) >= 11 is 0. The summed E-state index contributed by atoms with van der Waals surface area (Å²) in [5.41, 5.74) is 3.90. The molecule has 2 aromatic heterocycles. The summed E-state index contributed by atoms with van der Waals surface area (Å²) in [6.07, 6.45) is 4.04. The molecule has 4 rings (SSSR count). The number of oxazole rings is 1. The lowest BCUT2D eigenvalue weighted by Gasteiger charge is -2.13. The monoisotopic (exact) mass is 521 g/mol. The van der Waals surface area contributed by atoms with Gasteiger partial charge in [-0.2, -0.15) is 0 Å². The van der Waals surface area contributed by atoms with Crippen LogP contribution in [0.15, 0.2) is 77.5 Å². The molecule has 0 atom stereocenters. The molecule has 4 aromatic rings. The highest BCUT2D eigenvalue weighted by Gasteiger charge is 2.13. The van der Waals surface area contributed by atoms with E-state index in [9.17, 15) is 9.59 Å². The molecule has 0 bridgehead atoms. The number of ether oxygens (including phenoxy) is 1. The van der Waals surface area contributed by atoms with Gasteiger partial charge in [0.25, 0.3) is 5.91 Å². The van der Waals surface area contributed by atoms with Gasteiger partial charge in [0.05, 0.1) is 12.3 Å². The van der Waals surface area contributed by atoms with Gasteiger partial charge in [-0.15, -0.1) is 12.4 Å². The normalized spacial score (nSPS) is 10.4. The number of hydrogen-bond acceptors (Lipinski definition) is 6. The number of carbonyl (C=O) groups is 2. The first-order valence-electron chi connectivity index (χ1n) is 11.7. The summed E-state index contributed by atoms with van der Waals surface area (Å²) < 4.78 is 11.8. The molecule has 0 aliphatic carbocycles. The van der Waals surface area contributed by atoms with Crippen molar-refractivity contribution in [2.75, 3.05) is 6.61 Å². The van der Waals surface area contributed by atoms with Crippen molar-refractivity contribution >= 4 is 24.3 Å². The summed E-state index contributed by atoms with van der Waals surface area (Å²) in [4.78, 5) is 32.1. The average molecular weight is 522 g/mol. The minimum atomic E-state index is -0.875. The number of benzene rings is 2. The van der Waals surface area contributed by atoms with Crippen LogP contribution in [0.2, 0.25) is 0 Å². The Bertz CT molecular complexity index is 1330. The predicted molar refractivity (Wildman–Crippen MR) is 141 cm³/mol. The molecule has 0 saturated carbocycles. The van der Waals surface area contributed by atoms with Crippen molar-refractivity contribution < 1.29 is 23.8 Å². The number of carboxylic acid groups (broad SMARTS) is 1. The molecule has 0 radical (unpaired) electrons. The van der Waals surface area contributed by atoms with Gasteiger partial charge in [-0.05, 0) is 60.9 Å². The number of aromatic nitrogens is 2. The van der Waals surface area contributed by atoms with Crippen molar-refractivity contribution in [2.24, 2.45) is 0 Å². The van der Waals surface area contributed by atoms with Crippen molar-refractivity contribution in [1.29, 1.82) is 0 Å². The van der Waals surface area contributed by atoms with Gasteiger partial charge in [0.15, 0.2) is 0 Å². The topological polar surface area (TPSA) is 115 Å². The minimum absolute atomic E-state index is 0. The van der Waals surface area contributed by atoms with Crippen LogP contribution in [0.1, 0.15) is 39.4 Å². The first kappa shape index (κ1) is 27.4. The lowest BCUT2D eigenvalue weighted by molar-refractivity contribution is -0.136. The molecule has 0 aliphatic rings. The van der Waals surface area contributed by atoms with Crippen molar-refractivity contribution in [2.45, 2.75) is 32.7 Å². The maximum absolute atomic E-state index is 12.5. The van der Waals surface area contributed by atoms with Gasteiger partial charge >= 0.3 is 5.97 Å². The van der Waals surface area contributed by atoms with Gasteiger partial charge in [0, 0.05) is 42.9 Å². The Morgan fingerprint density at radius 1 is 1.00 bits per heavy atom. The molecule has 0 aliphatic heterocycles. The van der Waals surface area contributed by atoms with E-state index in [4.69, 9.17) is 14.3 Å². The summed E-state index contributed by atoms with van der Waals surface area (Å²) in [5, 5.41) is 12.0. The molecule has 1 amide bonds. The van der Waals surface area contributed by atoms with Gasteiger partial charge in [0.1, 0.15) is 11.5 Å². The highest BCUT2D eigenvalue weighted by Crippen LogP contribution is 2.23. The summed E-state index contributed by atoms with van der Waals surface area (Å²) in [7, 11) is 0. The Labute approximate surface area is 221 Å². The Morgan fingerprint density at radius 3 is 2.49 bits per heavy atom. The fraction of sp³-hybridized carbons (Fsp3) is 0.214. The third-order valence-electron chi connectivity index (χ3n) is 5.69. The zero-order chi connectivity index (χ0) is 25.3. The lowest BCUT2D eigenvalue weighted by Crippen LogP contribution is -2.23. The highest BCUT2D eigenvalue weighted by atomic mass is 35.5. The average Bonchev–Trinajstić information content (AvgIpc) is 3.27. The number of nitrogens with zero attached hydrogens (tertiary/aromatic N) is 2. The lowest BCUT2D eigenvalue weighted by atomic mass is 10.0. The number of carbonyl (C=O) groups excluding carboxylic acids is 1. The van der Waals surface area contributed by atoms with Crippen LogP contribution in [0.25, 0.3) is 11.5 Å². The van der Waals surface area contributed by atoms with E-state index in [-0.39, 0.29) is 31.3 Å². The molecular weight excluding hydrogens is 494 g/mol. The number of carboxylic acids is 1. The first-order valence-corrected chi connectivity index (χ1v) is 11.7. The second kappa shape index (κ2) is 13.2. The van der Waals surface area contributed by atoms with Crippen LogP contribution in [0.5, 0.6) is 5.75 Å². The van der Waals surface area contributed by atoms with Gasteiger partial charge in [-0.25, -0.2) is 4.98 Å². The fourth-order valence-electron chi connectivity index (χ4n) is 3.75. The van der Waals surface area contributed by atoms with Crippen LogP contribution in [-0.2, 0) is 24.2 Å². The van der Waals surface area contributed by atoms with E-state index in [0.717, 1.165) is 28.1 Å². The zero-order valence-electron chi connectivity index (χ0n) is 20.3. The number of hydrogen-bond donors (Lipinski definition) is 2. The number of nitrogens with one attached hydrogen (secondary N) is 1. The number of rotatable bonds is 11. The Kier molecular flexibility index (Phi) is 9.80. The Hall–Kier alpha value is -4.17. The maximum atomic E-state index is 12.5. The van der Waals surface area contributed by atoms with Crippen molar-refractivity contribution in [3.63, 3.8) is 0 Å². The molecule has 0 unspecified atom stereocenters. The molecule has 0 spiro atoms. The van der Waals surface area contributed by atoms with E-state index in [0.29, 0.717) is 36.7 Å². The third-order valence-corrected chi connectivity index (χ3v) is 5.69. The number of halogens is 1. The van der Waals surface area contributed by atoms with Gasteiger partial charge in [0.2, 0.25) is 5.89 Å². The van der Waals surface area contributed by atoms with Crippen LogP contribution < -0.4 is 10.1 Å². The van der Waals surface area contributed by atoms with Crippen molar-refractivity contribution in [1.82, 2.24) is 15.3 Å². The number of aliphatic carboxylic acids is 1. The standard InChI is InChI=1S/C28H27N3O5.ClH/c1-19-25(31-28(36-19)22-5-3-2-4-6-22)13-16-35-24-9-7-20(8-10-26(32)33)23(17-24)18-30-27(34)21-11-14-29-15-12-21;/h2-7,9,11-12,14-15,17H,8,10,13,16,18H2,1H3,(H,30,34)(H,32,33);1H. The summed E-state index contributed by atoms with van der Waals surface area (Å²) in [5.74, 6) is 0.856. The molecule has 2 heterocycles. The predicted octanol–water partition coefficient (Wildman–Crippen LogP) is 5.04. The summed E-state index contributed by atoms with van der Waals surface area (Å²) in [6, 6.07) is 18.5. The van der Waals surface area contributed by atoms with Crippen LogP contribution in [0, 0.1) is 6.92 Å². The van der Waals surface area contributed by atoms with E-state index in [1.165, 1.54) is 0 Å². The van der Waals surface area contributed by atoms with Crippen molar-refractivity contribution in [3.05, 3.63) is 101 Å². The maximum Gasteiger partial charge on any atom is 0.303 e. The second-order valence-corrected chi connectivity index (χ2v) is 8.23. The van der Waals surface area contributed by atoms with E-state index in [1.54, 1.807) is 24.5 Å². The molecule has 2 N–H and O–H groups in total. The van der Waals surface area contributed by atoms with E-state index in [2.05, 4.69) is 15.3 Å². The van der Waals surface area contributed by atoms with Crippen LogP contribution >= 0.6 is 12.4 Å². The Balaban J connectivity index is 0.00000380. The van der Waals surface area contributed by atoms with Gasteiger partial charge < -0.3 is 19.6 Å². The largest absolute Gasteiger partial charge is 0.493 e. The van der Waals surface area contributed by atoms with Crippen LogP contribution in [0.4, 0.5) is 0 Å². The third kappa shape index (κ3) is 7.65. The quantitative estimate of drug-likeness (QED) is 0.284. The molecular formula is C28H28ClN3O5. The molecule has 0 fully saturated rings. The van der Waals surface area contributed by atoms with Gasteiger partial charge in [-0.3, -0.25) is 14.6 Å². The van der Waals surface area contributed by atoms with E-state index >= 15 is 0 Å². The highest BCUT2D eigenvalue weighted by molar-refractivity contribution is 5.93. The van der Waals surface area contributed by atoms with Crippen LogP contribution in [-0.4, -0.2) is 33.6 Å². The Morgan fingerprint density at radius 2 is 1.76 bits per heavy atom. The first-order chi connectivity index (χ1) is 17.5. The second-order valence-electron chi connectivity index (χ2n) is 8.23. The number of aryl methyl sites for hydroxylation is 2. The van der Waals surface area contributed by atoms with Gasteiger partial charge in [-0.1, -0.05) is 24.3 Å². The molecule has 9 heteroatoms.